The van der Waals surface area contributed by atoms with Gasteiger partial charge in [0.25, 0.3) is 0 Å². The number of hydrogen-bond donors (Lipinski definition) is 1. The lowest BCUT2D eigenvalue weighted by Gasteiger charge is -2.24. The van der Waals surface area contributed by atoms with Crippen molar-refractivity contribution in [1.29, 1.82) is 0 Å². The fraction of sp³-hybridized carbons (Fsp3) is 0.360. The second-order valence-electron chi connectivity index (χ2n) is 8.25. The van der Waals surface area contributed by atoms with Crippen LogP contribution in [-0.2, 0) is 17.9 Å². The van der Waals surface area contributed by atoms with E-state index in [0.29, 0.717) is 19.1 Å². The maximum absolute atomic E-state index is 12.7. The number of halogens is 1. The molecule has 0 radical (unpaired) electrons. The first kappa shape index (κ1) is 21.8. The Morgan fingerprint density at radius 3 is 2.61 bits per heavy atom. The molecule has 1 N–H and O–H groups in total. The van der Waals surface area contributed by atoms with Gasteiger partial charge < -0.3 is 5.32 Å². The van der Waals surface area contributed by atoms with Gasteiger partial charge in [0.2, 0.25) is 5.91 Å². The summed E-state index contributed by atoms with van der Waals surface area (Å²) in [7, 11) is 0. The van der Waals surface area contributed by atoms with E-state index in [1.165, 1.54) is 11.1 Å². The maximum Gasteiger partial charge on any atom is 0.234 e. The molecule has 1 saturated heterocycles. The molecule has 0 saturated carbocycles. The lowest BCUT2D eigenvalue weighted by Crippen LogP contribution is -2.36. The lowest BCUT2D eigenvalue weighted by molar-refractivity contribution is -0.122. The number of rotatable bonds is 7. The van der Waals surface area contributed by atoms with Crippen molar-refractivity contribution in [2.24, 2.45) is 0 Å². The van der Waals surface area contributed by atoms with Crippen LogP contribution < -0.4 is 5.32 Å². The van der Waals surface area contributed by atoms with Gasteiger partial charge in [-0.1, -0.05) is 58.4 Å². The molecule has 162 valence electrons. The van der Waals surface area contributed by atoms with Gasteiger partial charge in [-0.2, -0.15) is 5.10 Å². The van der Waals surface area contributed by atoms with Crippen molar-refractivity contribution in [2.75, 3.05) is 13.1 Å². The molecule has 1 aliphatic heterocycles. The largest absolute Gasteiger partial charge is 0.351 e. The highest BCUT2D eigenvalue weighted by molar-refractivity contribution is 9.10. The van der Waals surface area contributed by atoms with E-state index in [1.54, 1.807) is 0 Å². The number of aromatic nitrogens is 2. The van der Waals surface area contributed by atoms with Gasteiger partial charge in [0.05, 0.1) is 18.8 Å². The second-order valence-corrected chi connectivity index (χ2v) is 9.17. The van der Waals surface area contributed by atoms with Crippen LogP contribution in [0.5, 0.6) is 0 Å². The van der Waals surface area contributed by atoms with Gasteiger partial charge in [-0.15, -0.1) is 0 Å². The van der Waals surface area contributed by atoms with Crippen LogP contribution in [0.4, 0.5) is 0 Å². The quantitative estimate of drug-likeness (QED) is 0.529. The Morgan fingerprint density at radius 2 is 1.87 bits per heavy atom. The van der Waals surface area contributed by atoms with E-state index < -0.39 is 0 Å². The fourth-order valence-corrected chi connectivity index (χ4v) is 4.67. The monoisotopic (exact) mass is 480 g/mol. The van der Waals surface area contributed by atoms with Crippen LogP contribution in [0.15, 0.2) is 59.1 Å². The molecule has 0 bridgehead atoms. The molecule has 6 heteroatoms. The van der Waals surface area contributed by atoms with E-state index in [-0.39, 0.29) is 5.91 Å². The predicted molar refractivity (Wildman–Crippen MR) is 127 cm³/mol. The number of hydrogen-bond acceptors (Lipinski definition) is 3. The van der Waals surface area contributed by atoms with Crippen molar-refractivity contribution in [3.8, 4) is 0 Å². The molecule has 1 unspecified atom stereocenters. The number of nitrogens with zero attached hydrogens (tertiary/aromatic N) is 3. The molecule has 1 aliphatic rings. The normalized spacial score (nSPS) is 16.5. The molecule has 2 aromatic carbocycles. The Hall–Kier alpha value is -2.44. The molecule has 5 nitrogen and oxygen atoms in total. The number of carbonyl (C=O) groups excluding carboxylic acids is 1. The third kappa shape index (κ3) is 5.25. The zero-order valence-corrected chi connectivity index (χ0v) is 19.7. The first-order valence-electron chi connectivity index (χ1n) is 10.8. The molecule has 1 aromatic heterocycles. The van der Waals surface area contributed by atoms with Crippen LogP contribution in [0.2, 0.25) is 0 Å². The summed E-state index contributed by atoms with van der Waals surface area (Å²) >= 11 is 3.50. The van der Waals surface area contributed by atoms with Crippen LogP contribution >= 0.6 is 15.9 Å². The van der Waals surface area contributed by atoms with Gasteiger partial charge in [0, 0.05) is 28.3 Å². The summed E-state index contributed by atoms with van der Waals surface area (Å²) in [5, 5.41) is 7.82. The smallest absolute Gasteiger partial charge is 0.234 e. The molecule has 4 rings (SSSR count). The summed E-state index contributed by atoms with van der Waals surface area (Å²) in [6.45, 7) is 6.73. The average molecular weight is 481 g/mol. The summed E-state index contributed by atoms with van der Waals surface area (Å²) in [5.74, 6) is 0.0682. The van der Waals surface area contributed by atoms with Crippen molar-refractivity contribution in [3.63, 3.8) is 0 Å². The minimum absolute atomic E-state index is 0.0682. The van der Waals surface area contributed by atoms with Gasteiger partial charge in [-0.05, 0) is 56.5 Å². The third-order valence-electron chi connectivity index (χ3n) is 6.13. The van der Waals surface area contributed by atoms with Crippen LogP contribution in [-0.4, -0.2) is 33.7 Å². The summed E-state index contributed by atoms with van der Waals surface area (Å²) in [6, 6.07) is 19.1. The lowest BCUT2D eigenvalue weighted by atomic mass is 10.0. The fourth-order valence-electron chi connectivity index (χ4n) is 4.41. The summed E-state index contributed by atoms with van der Waals surface area (Å²) < 4.78 is 3.10. The highest BCUT2D eigenvalue weighted by Crippen LogP contribution is 2.32. The van der Waals surface area contributed by atoms with E-state index in [0.717, 1.165) is 47.4 Å². The van der Waals surface area contributed by atoms with Gasteiger partial charge in [-0.25, -0.2) is 0 Å². The summed E-state index contributed by atoms with van der Waals surface area (Å²) in [4.78, 5) is 15.0. The average Bonchev–Trinajstić information content (AvgIpc) is 3.32. The minimum atomic E-state index is 0.0682. The van der Waals surface area contributed by atoms with Crippen LogP contribution in [0.3, 0.4) is 0 Å². The zero-order valence-electron chi connectivity index (χ0n) is 18.1. The summed E-state index contributed by atoms with van der Waals surface area (Å²) in [5.41, 5.74) is 5.69. The first-order chi connectivity index (χ1) is 15.0. The highest BCUT2D eigenvalue weighted by atomic mass is 79.9. The Bertz CT molecular complexity index is 1030. The van der Waals surface area contributed by atoms with Crippen molar-refractivity contribution in [3.05, 3.63) is 87.1 Å². The third-order valence-corrected chi connectivity index (χ3v) is 6.66. The van der Waals surface area contributed by atoms with Crippen LogP contribution in [0.1, 0.15) is 47.0 Å². The van der Waals surface area contributed by atoms with E-state index in [1.807, 2.05) is 29.8 Å². The predicted octanol–water partition coefficient (Wildman–Crippen LogP) is 4.76. The standard InChI is InChI=1S/C25H29BrN4O/c1-18-23(19(2)30(28-18)16-20-7-4-3-5-8-20)15-27-25(31)17-29-14-6-9-24(29)21-10-12-22(26)13-11-21/h3-5,7-8,10-13,24H,6,9,14-17H2,1-2H3,(H,27,31). The number of carbonyl (C=O) groups is 1. The molecule has 3 aromatic rings. The molecule has 1 amide bonds. The topological polar surface area (TPSA) is 50.2 Å². The van der Waals surface area contributed by atoms with Gasteiger partial charge >= 0.3 is 0 Å². The zero-order chi connectivity index (χ0) is 21.8. The van der Waals surface area contributed by atoms with Gasteiger partial charge in [-0.3, -0.25) is 14.4 Å². The molecular formula is C25H29BrN4O. The number of nitrogens with one attached hydrogen (secondary N) is 1. The Morgan fingerprint density at radius 1 is 1.13 bits per heavy atom. The highest BCUT2D eigenvalue weighted by Gasteiger charge is 2.27. The SMILES string of the molecule is Cc1nn(Cc2ccccc2)c(C)c1CNC(=O)CN1CCCC1c1ccc(Br)cc1. The Labute approximate surface area is 192 Å². The minimum Gasteiger partial charge on any atom is -0.351 e. The van der Waals surface area contributed by atoms with Crippen molar-refractivity contribution in [1.82, 2.24) is 20.0 Å². The van der Waals surface area contributed by atoms with Crippen molar-refractivity contribution < 1.29 is 4.79 Å². The number of likely N-dealkylation sites (tertiary alicyclic amines) is 1. The first-order valence-corrected chi connectivity index (χ1v) is 11.6. The molecule has 31 heavy (non-hydrogen) atoms. The van der Waals surface area contributed by atoms with Crippen molar-refractivity contribution >= 4 is 21.8 Å². The molecule has 0 aliphatic carbocycles. The van der Waals surface area contributed by atoms with E-state index in [4.69, 9.17) is 5.10 Å². The van der Waals surface area contributed by atoms with Crippen LogP contribution in [0, 0.1) is 13.8 Å². The number of benzene rings is 2. The molecule has 1 fully saturated rings. The van der Waals surface area contributed by atoms with Crippen molar-refractivity contribution in [2.45, 2.75) is 45.8 Å². The summed E-state index contributed by atoms with van der Waals surface area (Å²) in [6.07, 6.45) is 2.22. The molecule has 1 atom stereocenters. The van der Waals surface area contributed by atoms with E-state index >= 15 is 0 Å². The van der Waals surface area contributed by atoms with Gasteiger partial charge in [0.15, 0.2) is 0 Å². The van der Waals surface area contributed by atoms with E-state index in [9.17, 15) is 4.79 Å². The maximum atomic E-state index is 12.7. The Balaban J connectivity index is 1.36. The number of amides is 1. The molecule has 0 spiro atoms. The second kappa shape index (κ2) is 9.79. The number of aryl methyl sites for hydroxylation is 1. The van der Waals surface area contributed by atoms with Crippen LogP contribution in [0.25, 0.3) is 0 Å². The molecular weight excluding hydrogens is 452 g/mol. The Kier molecular flexibility index (Phi) is 6.88. The van der Waals surface area contributed by atoms with Gasteiger partial charge in [0.1, 0.15) is 0 Å². The van der Waals surface area contributed by atoms with E-state index in [2.05, 4.69) is 69.5 Å². The molecule has 2 heterocycles.